The molecule has 40 heavy (non-hydrogen) atoms. The summed E-state index contributed by atoms with van der Waals surface area (Å²) in [6.45, 7) is 13.1. The van der Waals surface area contributed by atoms with Gasteiger partial charge in [0, 0.05) is 33.0 Å². The standard InChI is InChI=1S/C36H35N3O/c1-22(2)17-26-15-16-28-27-13-10-14-29(34(27)40-35(28)37-26)31-19-24(4)21-33(39-31)36(5,6)32-20-23(3)18-30(38-32)25-11-8-7-9-12-25/h7-16,18-22H,17H2,1-6H3. The van der Waals surface area contributed by atoms with Crippen LogP contribution < -0.4 is 0 Å². The van der Waals surface area contributed by atoms with Crippen molar-refractivity contribution < 1.29 is 4.42 Å². The van der Waals surface area contributed by atoms with Crippen LogP contribution in [0.1, 0.15) is 55.9 Å². The second-order valence-corrected chi connectivity index (χ2v) is 11.9. The predicted molar refractivity (Wildman–Crippen MR) is 165 cm³/mol. The molecule has 0 aliphatic rings. The quantitative estimate of drug-likeness (QED) is 0.217. The van der Waals surface area contributed by atoms with Gasteiger partial charge in [0.15, 0.2) is 0 Å². The molecule has 4 heterocycles. The molecule has 0 N–H and O–H groups in total. The second-order valence-electron chi connectivity index (χ2n) is 11.9. The largest absolute Gasteiger partial charge is 0.437 e. The Morgan fingerprint density at radius 3 is 2.08 bits per heavy atom. The average Bonchev–Trinajstić information content (AvgIpc) is 3.30. The van der Waals surface area contributed by atoms with Crippen LogP contribution in [-0.4, -0.2) is 15.0 Å². The first-order valence-electron chi connectivity index (χ1n) is 14.0. The highest BCUT2D eigenvalue weighted by atomic mass is 16.3. The van der Waals surface area contributed by atoms with E-state index in [1.807, 2.05) is 6.07 Å². The van der Waals surface area contributed by atoms with Crippen LogP contribution in [0.5, 0.6) is 0 Å². The molecule has 0 unspecified atom stereocenters. The number of nitrogens with zero attached hydrogens (tertiary/aromatic N) is 3. The molecule has 0 fully saturated rings. The molecule has 6 rings (SSSR count). The van der Waals surface area contributed by atoms with Crippen LogP contribution in [0.4, 0.5) is 0 Å². The van der Waals surface area contributed by atoms with E-state index in [1.54, 1.807) is 0 Å². The summed E-state index contributed by atoms with van der Waals surface area (Å²) in [5.41, 5.74) is 10.4. The molecule has 0 saturated heterocycles. The Kier molecular flexibility index (Phi) is 6.50. The van der Waals surface area contributed by atoms with E-state index in [9.17, 15) is 0 Å². The average molecular weight is 526 g/mol. The molecule has 0 atom stereocenters. The molecule has 4 aromatic heterocycles. The smallest absolute Gasteiger partial charge is 0.227 e. The molecule has 0 aliphatic heterocycles. The van der Waals surface area contributed by atoms with Gasteiger partial charge in [-0.3, -0.25) is 9.97 Å². The fourth-order valence-electron chi connectivity index (χ4n) is 5.45. The topological polar surface area (TPSA) is 51.8 Å². The molecule has 0 saturated carbocycles. The van der Waals surface area contributed by atoms with Crippen molar-refractivity contribution in [2.24, 2.45) is 5.92 Å². The third kappa shape index (κ3) is 4.79. The number of aryl methyl sites for hydroxylation is 2. The van der Waals surface area contributed by atoms with Gasteiger partial charge in [-0.25, -0.2) is 4.98 Å². The molecule has 0 spiro atoms. The summed E-state index contributed by atoms with van der Waals surface area (Å²) in [6, 6.07) is 29.5. The fourth-order valence-corrected chi connectivity index (χ4v) is 5.45. The summed E-state index contributed by atoms with van der Waals surface area (Å²) in [5.74, 6) is 0.537. The van der Waals surface area contributed by atoms with E-state index in [0.29, 0.717) is 11.6 Å². The Hall–Kier alpha value is -4.31. The molecule has 0 amide bonds. The number of aromatic nitrogens is 3. The van der Waals surface area contributed by atoms with Gasteiger partial charge in [-0.1, -0.05) is 56.3 Å². The van der Waals surface area contributed by atoms with Crippen molar-refractivity contribution in [3.8, 4) is 22.5 Å². The van der Waals surface area contributed by atoms with Crippen molar-refractivity contribution in [2.45, 2.75) is 53.4 Å². The minimum Gasteiger partial charge on any atom is -0.437 e. The normalized spacial score (nSPS) is 12.1. The van der Waals surface area contributed by atoms with Crippen molar-refractivity contribution in [3.63, 3.8) is 0 Å². The summed E-state index contributed by atoms with van der Waals surface area (Å²) in [4.78, 5) is 15.2. The molecular weight excluding hydrogens is 490 g/mol. The van der Waals surface area contributed by atoms with Crippen LogP contribution in [0.25, 0.3) is 44.6 Å². The number of benzene rings is 2. The lowest BCUT2D eigenvalue weighted by atomic mass is 9.83. The van der Waals surface area contributed by atoms with E-state index in [0.717, 1.165) is 67.9 Å². The second kappa shape index (κ2) is 10.0. The van der Waals surface area contributed by atoms with E-state index < -0.39 is 5.41 Å². The number of para-hydroxylation sites is 1. The van der Waals surface area contributed by atoms with Crippen molar-refractivity contribution in [1.29, 1.82) is 0 Å². The molecule has 6 aromatic rings. The number of hydrogen-bond acceptors (Lipinski definition) is 4. The van der Waals surface area contributed by atoms with Crippen LogP contribution in [0, 0.1) is 19.8 Å². The SMILES string of the molecule is Cc1cc(-c2ccccc2)nc(C(C)(C)c2cc(C)cc(-c3cccc4c3oc3nc(CC(C)C)ccc34)n2)c1. The van der Waals surface area contributed by atoms with Gasteiger partial charge in [0.1, 0.15) is 5.58 Å². The number of hydrogen-bond donors (Lipinski definition) is 0. The Balaban J connectivity index is 1.46. The van der Waals surface area contributed by atoms with Gasteiger partial charge in [0.25, 0.3) is 0 Å². The van der Waals surface area contributed by atoms with Crippen LogP contribution in [0.2, 0.25) is 0 Å². The lowest BCUT2D eigenvalue weighted by molar-refractivity contribution is 0.595. The minimum absolute atomic E-state index is 0.411. The maximum Gasteiger partial charge on any atom is 0.227 e. The van der Waals surface area contributed by atoms with E-state index in [2.05, 4.69) is 120 Å². The lowest BCUT2D eigenvalue weighted by Crippen LogP contribution is -2.23. The van der Waals surface area contributed by atoms with E-state index in [-0.39, 0.29) is 0 Å². The number of fused-ring (bicyclic) bond motifs is 3. The Morgan fingerprint density at radius 1 is 0.700 bits per heavy atom. The summed E-state index contributed by atoms with van der Waals surface area (Å²) >= 11 is 0. The van der Waals surface area contributed by atoms with Gasteiger partial charge in [-0.05, 0) is 93.6 Å². The van der Waals surface area contributed by atoms with Gasteiger partial charge in [0.05, 0.1) is 22.8 Å². The summed E-state index contributed by atoms with van der Waals surface area (Å²) in [7, 11) is 0. The van der Waals surface area contributed by atoms with Gasteiger partial charge in [-0.15, -0.1) is 0 Å². The zero-order valence-electron chi connectivity index (χ0n) is 24.1. The van der Waals surface area contributed by atoms with Crippen LogP contribution in [0.3, 0.4) is 0 Å². The molecule has 0 radical (unpaired) electrons. The maximum atomic E-state index is 6.43. The Labute approximate surface area is 236 Å². The molecule has 2 aromatic carbocycles. The van der Waals surface area contributed by atoms with Crippen molar-refractivity contribution in [1.82, 2.24) is 15.0 Å². The van der Waals surface area contributed by atoms with Gasteiger partial charge in [-0.2, -0.15) is 0 Å². The highest BCUT2D eigenvalue weighted by Crippen LogP contribution is 2.37. The Bertz CT molecular complexity index is 1850. The van der Waals surface area contributed by atoms with Crippen LogP contribution in [-0.2, 0) is 11.8 Å². The molecule has 0 bridgehead atoms. The van der Waals surface area contributed by atoms with E-state index >= 15 is 0 Å². The molecular formula is C36H35N3O. The molecule has 4 nitrogen and oxygen atoms in total. The fraction of sp³-hybridized carbons (Fsp3) is 0.250. The van der Waals surface area contributed by atoms with Gasteiger partial charge >= 0.3 is 0 Å². The molecule has 0 aliphatic carbocycles. The van der Waals surface area contributed by atoms with Crippen molar-refractivity contribution >= 4 is 22.1 Å². The molecule has 4 heteroatoms. The summed E-state index contributed by atoms with van der Waals surface area (Å²) < 4.78 is 6.43. The predicted octanol–water partition coefficient (Wildman–Crippen LogP) is 9.25. The third-order valence-electron chi connectivity index (χ3n) is 7.60. The number of rotatable bonds is 6. The van der Waals surface area contributed by atoms with E-state index in [4.69, 9.17) is 19.4 Å². The highest BCUT2D eigenvalue weighted by molar-refractivity contribution is 6.08. The first-order valence-corrected chi connectivity index (χ1v) is 14.0. The van der Waals surface area contributed by atoms with Crippen molar-refractivity contribution in [3.05, 3.63) is 113 Å². The first-order chi connectivity index (χ1) is 19.2. The summed E-state index contributed by atoms with van der Waals surface area (Å²) in [6.07, 6.45) is 0.927. The monoisotopic (exact) mass is 525 g/mol. The number of pyridine rings is 3. The Morgan fingerprint density at radius 2 is 1.38 bits per heavy atom. The van der Waals surface area contributed by atoms with Crippen LogP contribution >= 0.6 is 0 Å². The van der Waals surface area contributed by atoms with E-state index in [1.165, 1.54) is 5.56 Å². The maximum absolute atomic E-state index is 6.43. The highest BCUT2D eigenvalue weighted by Gasteiger charge is 2.28. The van der Waals surface area contributed by atoms with Gasteiger partial charge < -0.3 is 4.42 Å². The third-order valence-corrected chi connectivity index (χ3v) is 7.60. The molecule has 200 valence electrons. The lowest BCUT2D eigenvalue weighted by Gasteiger charge is -2.26. The summed E-state index contributed by atoms with van der Waals surface area (Å²) in [5, 5.41) is 2.10. The van der Waals surface area contributed by atoms with Crippen LogP contribution in [0.15, 0.2) is 89.3 Å². The zero-order chi connectivity index (χ0) is 28.0. The van der Waals surface area contributed by atoms with Crippen molar-refractivity contribution in [2.75, 3.05) is 0 Å². The van der Waals surface area contributed by atoms with Gasteiger partial charge in [0.2, 0.25) is 5.71 Å². The first kappa shape index (κ1) is 25.9. The minimum atomic E-state index is -0.411. The zero-order valence-corrected chi connectivity index (χ0v) is 24.1. The number of furan rings is 1.